The van der Waals surface area contributed by atoms with Crippen LogP contribution in [0.3, 0.4) is 0 Å². The molecule has 124 valence electrons. The van der Waals surface area contributed by atoms with Gasteiger partial charge < -0.3 is 0 Å². The van der Waals surface area contributed by atoms with Crippen LogP contribution in [0.1, 0.15) is 11.1 Å². The zero-order valence-corrected chi connectivity index (χ0v) is 13.8. The zero-order chi connectivity index (χ0) is 17.3. The average molecular weight is 412 g/mol. The van der Waals surface area contributed by atoms with E-state index in [4.69, 9.17) is 0 Å². The van der Waals surface area contributed by atoms with Crippen LogP contribution < -0.4 is 4.72 Å². The number of hydrogen-bond acceptors (Lipinski definition) is 2. The molecule has 0 fully saturated rings. The molecule has 0 aromatic heterocycles. The van der Waals surface area contributed by atoms with E-state index in [0.717, 1.165) is 18.2 Å². The van der Waals surface area contributed by atoms with E-state index in [9.17, 15) is 26.0 Å². The number of halogens is 5. The minimum Gasteiger partial charge on any atom is -0.207 e. The van der Waals surface area contributed by atoms with Gasteiger partial charge in [-0.2, -0.15) is 13.2 Å². The molecule has 0 saturated carbocycles. The Morgan fingerprint density at radius 3 is 2.39 bits per heavy atom. The highest BCUT2D eigenvalue weighted by atomic mass is 79.9. The predicted octanol–water partition coefficient (Wildman–Crippen LogP) is 4.09. The molecule has 0 radical (unpaired) electrons. The number of alkyl halides is 3. The normalized spacial score (nSPS) is 12.4. The Morgan fingerprint density at radius 1 is 1.09 bits per heavy atom. The number of hydrogen-bond donors (Lipinski definition) is 1. The second kappa shape index (κ2) is 6.58. The molecule has 0 aliphatic carbocycles. The lowest BCUT2D eigenvalue weighted by Crippen LogP contribution is -2.23. The topological polar surface area (TPSA) is 46.2 Å². The molecule has 0 saturated heterocycles. The molecule has 0 heterocycles. The second-order valence-electron chi connectivity index (χ2n) is 4.63. The highest BCUT2D eigenvalue weighted by Crippen LogP contribution is 2.33. The zero-order valence-electron chi connectivity index (χ0n) is 11.4. The van der Waals surface area contributed by atoms with Gasteiger partial charge in [-0.1, -0.05) is 28.1 Å². The van der Waals surface area contributed by atoms with E-state index in [1.54, 1.807) is 0 Å². The van der Waals surface area contributed by atoms with Gasteiger partial charge in [-0.05, 0) is 35.9 Å². The first-order valence-corrected chi connectivity index (χ1v) is 8.47. The van der Waals surface area contributed by atoms with Gasteiger partial charge in [0.1, 0.15) is 5.82 Å². The Labute approximate surface area is 138 Å². The summed E-state index contributed by atoms with van der Waals surface area (Å²) in [5.41, 5.74) is -0.738. The van der Waals surface area contributed by atoms with Crippen molar-refractivity contribution in [3.8, 4) is 0 Å². The van der Waals surface area contributed by atoms with Gasteiger partial charge in [0.05, 0.1) is 10.5 Å². The molecule has 2 rings (SSSR count). The molecule has 9 heteroatoms. The molecule has 0 aliphatic rings. The van der Waals surface area contributed by atoms with E-state index in [1.165, 1.54) is 18.2 Å². The van der Waals surface area contributed by atoms with E-state index in [1.807, 2.05) is 0 Å². The predicted molar refractivity (Wildman–Crippen MR) is 79.6 cm³/mol. The highest BCUT2D eigenvalue weighted by molar-refractivity contribution is 9.10. The summed E-state index contributed by atoms with van der Waals surface area (Å²) in [5, 5.41) is 0. The van der Waals surface area contributed by atoms with Crippen LogP contribution >= 0.6 is 15.9 Å². The summed E-state index contributed by atoms with van der Waals surface area (Å²) >= 11 is 2.86. The highest BCUT2D eigenvalue weighted by Gasteiger charge is 2.32. The van der Waals surface area contributed by atoms with Gasteiger partial charge in [0.2, 0.25) is 10.0 Å². The minimum absolute atomic E-state index is 0.0153. The molecule has 0 amide bonds. The number of benzene rings is 2. The Bertz CT molecular complexity index is 822. The van der Waals surface area contributed by atoms with Crippen LogP contribution in [-0.2, 0) is 22.7 Å². The molecule has 3 nitrogen and oxygen atoms in total. The van der Waals surface area contributed by atoms with Gasteiger partial charge in [0.25, 0.3) is 0 Å². The molecule has 1 N–H and O–H groups in total. The molecule has 0 spiro atoms. The van der Waals surface area contributed by atoms with Crippen molar-refractivity contribution in [3.05, 3.63) is 63.9 Å². The molecule has 0 unspecified atom stereocenters. The Kier molecular flexibility index (Phi) is 5.12. The number of rotatable bonds is 4. The maximum atomic E-state index is 13.0. The van der Waals surface area contributed by atoms with Crippen molar-refractivity contribution in [3.63, 3.8) is 0 Å². The molecule has 0 atom stereocenters. The van der Waals surface area contributed by atoms with Crippen LogP contribution in [0.25, 0.3) is 0 Å². The van der Waals surface area contributed by atoms with Crippen molar-refractivity contribution < 1.29 is 26.0 Å². The van der Waals surface area contributed by atoms with Crippen molar-refractivity contribution in [2.24, 2.45) is 0 Å². The minimum atomic E-state index is -4.67. The third kappa shape index (κ3) is 4.76. The fraction of sp³-hybridized carbons (Fsp3) is 0.143. The van der Waals surface area contributed by atoms with E-state index in [0.29, 0.717) is 11.6 Å². The molecule has 23 heavy (non-hydrogen) atoms. The third-order valence-electron chi connectivity index (χ3n) is 2.86. The summed E-state index contributed by atoms with van der Waals surface area (Å²) in [7, 11) is -4.18. The maximum Gasteiger partial charge on any atom is 0.416 e. The van der Waals surface area contributed by atoms with Crippen LogP contribution in [0.5, 0.6) is 0 Å². The van der Waals surface area contributed by atoms with Gasteiger partial charge in [0.15, 0.2) is 0 Å². The quantitative estimate of drug-likeness (QED) is 0.770. The molecular weight excluding hydrogens is 402 g/mol. The van der Waals surface area contributed by atoms with Gasteiger partial charge in [0, 0.05) is 11.0 Å². The van der Waals surface area contributed by atoms with Crippen molar-refractivity contribution in [2.45, 2.75) is 17.6 Å². The number of sulfonamides is 1. The van der Waals surface area contributed by atoms with Crippen molar-refractivity contribution in [2.75, 3.05) is 0 Å². The van der Waals surface area contributed by atoms with Crippen LogP contribution in [-0.4, -0.2) is 8.42 Å². The largest absolute Gasteiger partial charge is 0.416 e. The lowest BCUT2D eigenvalue weighted by Gasteiger charge is -2.11. The van der Waals surface area contributed by atoms with E-state index < -0.39 is 32.5 Å². The van der Waals surface area contributed by atoms with Crippen molar-refractivity contribution >= 4 is 26.0 Å². The van der Waals surface area contributed by atoms with Gasteiger partial charge in [-0.3, -0.25) is 0 Å². The van der Waals surface area contributed by atoms with Gasteiger partial charge in [-0.15, -0.1) is 0 Å². The van der Waals surface area contributed by atoms with Crippen molar-refractivity contribution in [1.82, 2.24) is 4.72 Å². The first-order chi connectivity index (χ1) is 10.6. The fourth-order valence-electron chi connectivity index (χ4n) is 1.79. The first-order valence-electron chi connectivity index (χ1n) is 6.20. The van der Waals surface area contributed by atoms with E-state index in [2.05, 4.69) is 20.7 Å². The van der Waals surface area contributed by atoms with Crippen LogP contribution in [0.2, 0.25) is 0 Å². The average Bonchev–Trinajstić information content (AvgIpc) is 2.44. The van der Waals surface area contributed by atoms with Gasteiger partial charge in [-0.25, -0.2) is 17.5 Å². The summed E-state index contributed by atoms with van der Waals surface area (Å²) in [4.78, 5) is -0.532. The summed E-state index contributed by atoms with van der Waals surface area (Å²) < 4.78 is 77.7. The standard InChI is InChI=1S/C14H10BrF4NO2S/c15-11-5-10(14(17,18)19)6-13(7-11)23(21,22)20-8-9-2-1-3-12(16)4-9/h1-7,20H,8H2. The molecule has 0 bridgehead atoms. The smallest absolute Gasteiger partial charge is 0.207 e. The Hall–Kier alpha value is -1.45. The Morgan fingerprint density at radius 2 is 1.78 bits per heavy atom. The Balaban J connectivity index is 2.27. The summed E-state index contributed by atoms with van der Waals surface area (Å²) in [6, 6.07) is 7.60. The molecule has 2 aromatic carbocycles. The first kappa shape index (κ1) is 17.9. The monoisotopic (exact) mass is 411 g/mol. The third-order valence-corrected chi connectivity index (χ3v) is 4.70. The lowest BCUT2D eigenvalue weighted by atomic mass is 10.2. The summed E-state index contributed by atoms with van der Waals surface area (Å²) in [6.45, 7) is -0.242. The molecule has 0 aliphatic heterocycles. The van der Waals surface area contributed by atoms with Crippen LogP contribution in [0, 0.1) is 5.82 Å². The lowest BCUT2D eigenvalue weighted by molar-refractivity contribution is -0.137. The van der Waals surface area contributed by atoms with Crippen molar-refractivity contribution in [1.29, 1.82) is 0 Å². The van der Waals surface area contributed by atoms with Crippen LogP contribution in [0.4, 0.5) is 17.6 Å². The summed E-state index contributed by atoms with van der Waals surface area (Å²) in [5.74, 6) is -0.538. The van der Waals surface area contributed by atoms with E-state index >= 15 is 0 Å². The van der Waals surface area contributed by atoms with Gasteiger partial charge >= 0.3 is 6.18 Å². The number of nitrogens with one attached hydrogen (secondary N) is 1. The molecular formula is C14H10BrF4NO2S. The second-order valence-corrected chi connectivity index (χ2v) is 7.31. The summed E-state index contributed by atoms with van der Waals surface area (Å²) in [6.07, 6.45) is -4.67. The fourth-order valence-corrected chi connectivity index (χ4v) is 3.52. The van der Waals surface area contributed by atoms with Crippen LogP contribution in [0.15, 0.2) is 51.8 Å². The van der Waals surface area contributed by atoms with E-state index in [-0.39, 0.29) is 11.0 Å². The molecule has 2 aromatic rings. The SMILES string of the molecule is O=S(=O)(NCc1cccc(F)c1)c1cc(Br)cc(C(F)(F)F)c1. The maximum absolute atomic E-state index is 13.0.